The van der Waals surface area contributed by atoms with Crippen molar-refractivity contribution in [2.24, 2.45) is 0 Å². The van der Waals surface area contributed by atoms with Crippen LogP contribution in [0.5, 0.6) is 5.75 Å². The molecule has 3 aliphatic rings. The summed E-state index contributed by atoms with van der Waals surface area (Å²) < 4.78 is 19.8. The lowest BCUT2D eigenvalue weighted by molar-refractivity contribution is -0.133. The highest BCUT2D eigenvalue weighted by molar-refractivity contribution is 5.85. The largest absolute Gasteiger partial charge is 0.494 e. The van der Waals surface area contributed by atoms with Gasteiger partial charge in [-0.2, -0.15) is 0 Å². The zero-order valence-corrected chi connectivity index (χ0v) is 21.5. The molecule has 5 rings (SSSR count). The first-order valence-corrected chi connectivity index (χ1v) is 12.9. The van der Waals surface area contributed by atoms with Crippen molar-refractivity contribution < 1.29 is 19.0 Å². The minimum absolute atomic E-state index is 0.0196. The highest BCUT2D eigenvalue weighted by Gasteiger charge is 2.41. The zero-order valence-electron chi connectivity index (χ0n) is 21.5. The van der Waals surface area contributed by atoms with Crippen molar-refractivity contribution in [2.75, 3.05) is 38.2 Å². The SMILES string of the molecule is COc1ccc([C@H](C(=O)N2CCN(c3ncnc4c3[C@H](C)C[C@H]4O)CC2)[C@@H]2CCC(C)(C)N2)cc1F. The number of hydrogen-bond donors (Lipinski definition) is 2. The molecule has 8 nitrogen and oxygen atoms in total. The van der Waals surface area contributed by atoms with Crippen molar-refractivity contribution in [3.05, 3.63) is 47.2 Å². The van der Waals surface area contributed by atoms with Crippen molar-refractivity contribution in [2.45, 2.75) is 69.6 Å². The summed E-state index contributed by atoms with van der Waals surface area (Å²) in [5.74, 6) is 0.322. The van der Waals surface area contributed by atoms with Gasteiger partial charge in [0.15, 0.2) is 11.6 Å². The van der Waals surface area contributed by atoms with Gasteiger partial charge in [0, 0.05) is 43.3 Å². The van der Waals surface area contributed by atoms with Crippen molar-refractivity contribution >= 4 is 11.7 Å². The fraction of sp³-hybridized carbons (Fsp3) is 0.593. The molecule has 2 N–H and O–H groups in total. The van der Waals surface area contributed by atoms with Crippen molar-refractivity contribution in [3.8, 4) is 5.75 Å². The van der Waals surface area contributed by atoms with Gasteiger partial charge in [0.25, 0.3) is 0 Å². The second-order valence-electron chi connectivity index (χ2n) is 11.0. The Kier molecular flexibility index (Phi) is 6.63. The van der Waals surface area contributed by atoms with E-state index in [9.17, 15) is 14.3 Å². The molecule has 9 heteroatoms. The van der Waals surface area contributed by atoms with Gasteiger partial charge in [0.05, 0.1) is 24.8 Å². The maximum absolute atomic E-state index is 14.7. The quantitative estimate of drug-likeness (QED) is 0.656. The van der Waals surface area contributed by atoms with E-state index in [1.165, 1.54) is 19.5 Å². The third-order valence-electron chi connectivity index (χ3n) is 8.03. The minimum atomic E-state index is -0.548. The van der Waals surface area contributed by atoms with E-state index in [1.54, 1.807) is 6.07 Å². The van der Waals surface area contributed by atoms with Crippen molar-refractivity contribution in [3.63, 3.8) is 0 Å². The number of aliphatic hydroxyl groups excluding tert-OH is 1. The number of carbonyl (C=O) groups excluding carboxylic acids is 1. The van der Waals surface area contributed by atoms with E-state index in [0.29, 0.717) is 38.2 Å². The van der Waals surface area contributed by atoms with Crippen LogP contribution in [0.25, 0.3) is 0 Å². The molecule has 2 aliphatic heterocycles. The Morgan fingerprint density at radius 1 is 1.25 bits per heavy atom. The number of aliphatic hydroxyl groups is 1. The molecule has 2 fully saturated rings. The van der Waals surface area contributed by atoms with Crippen molar-refractivity contribution in [1.29, 1.82) is 0 Å². The summed E-state index contributed by atoms with van der Waals surface area (Å²) >= 11 is 0. The van der Waals surface area contributed by atoms with Crippen LogP contribution in [0.1, 0.15) is 74.8 Å². The Morgan fingerprint density at radius 3 is 2.64 bits per heavy atom. The molecule has 1 aromatic carbocycles. The number of methoxy groups -OCH3 is 1. The summed E-state index contributed by atoms with van der Waals surface area (Å²) in [4.78, 5) is 26.9. The Morgan fingerprint density at radius 2 is 2.00 bits per heavy atom. The standard InChI is InChI=1S/C27H36FN5O3/c1-16-13-20(34)24-22(16)25(30-15-29-24)32-9-11-33(12-10-32)26(35)23(19-7-8-27(2,3)31-19)17-5-6-21(36-4)18(28)14-17/h5-6,14-16,19-20,23,31,34H,7-13H2,1-4H3/t16-,19+,20-,23+/m1/s1. The van der Waals surface area contributed by atoms with Crippen LogP contribution < -0.4 is 15.0 Å². The average Bonchev–Trinajstić information content (AvgIpc) is 3.37. The van der Waals surface area contributed by atoms with Gasteiger partial charge < -0.3 is 25.0 Å². The molecule has 36 heavy (non-hydrogen) atoms. The Labute approximate surface area is 211 Å². The third-order valence-corrected chi connectivity index (χ3v) is 8.03. The summed E-state index contributed by atoms with van der Waals surface area (Å²) in [6.07, 6.45) is 3.44. The molecule has 3 heterocycles. The minimum Gasteiger partial charge on any atom is -0.494 e. The van der Waals surface area contributed by atoms with Gasteiger partial charge in [-0.05, 0) is 56.7 Å². The van der Waals surface area contributed by atoms with E-state index < -0.39 is 17.8 Å². The van der Waals surface area contributed by atoms with Crippen LogP contribution in [0.2, 0.25) is 0 Å². The zero-order chi connectivity index (χ0) is 25.6. The summed E-state index contributed by atoms with van der Waals surface area (Å²) in [5, 5.41) is 14.0. The predicted octanol–water partition coefficient (Wildman–Crippen LogP) is 3.13. The molecule has 0 bridgehead atoms. The maximum Gasteiger partial charge on any atom is 0.231 e. The molecule has 0 spiro atoms. The number of ether oxygens (including phenoxy) is 1. The molecule has 1 aromatic heterocycles. The van der Waals surface area contributed by atoms with Gasteiger partial charge in [-0.1, -0.05) is 13.0 Å². The summed E-state index contributed by atoms with van der Waals surface area (Å²) in [7, 11) is 1.44. The van der Waals surface area contributed by atoms with E-state index in [4.69, 9.17) is 4.74 Å². The van der Waals surface area contributed by atoms with Gasteiger partial charge in [0.2, 0.25) is 5.91 Å². The topological polar surface area (TPSA) is 90.8 Å². The number of amides is 1. The van der Waals surface area contributed by atoms with E-state index in [0.717, 1.165) is 29.9 Å². The number of aromatic nitrogens is 2. The smallest absolute Gasteiger partial charge is 0.231 e. The van der Waals surface area contributed by atoms with Gasteiger partial charge in [-0.25, -0.2) is 14.4 Å². The highest BCUT2D eigenvalue weighted by Crippen LogP contribution is 2.43. The number of nitrogens with one attached hydrogen (secondary N) is 1. The number of fused-ring (bicyclic) bond motifs is 1. The van der Waals surface area contributed by atoms with E-state index in [1.807, 2.05) is 11.0 Å². The monoisotopic (exact) mass is 497 g/mol. The third kappa shape index (κ3) is 4.54. The number of anilines is 1. The first-order valence-electron chi connectivity index (χ1n) is 12.9. The highest BCUT2D eigenvalue weighted by atomic mass is 19.1. The lowest BCUT2D eigenvalue weighted by Crippen LogP contribution is -2.53. The number of nitrogens with zero attached hydrogens (tertiary/aromatic N) is 4. The number of halogens is 1. The molecule has 4 atom stereocenters. The normalized spacial score (nSPS) is 26.1. The van der Waals surface area contributed by atoms with Crippen LogP contribution >= 0.6 is 0 Å². The summed E-state index contributed by atoms with van der Waals surface area (Å²) in [6.45, 7) is 8.77. The van der Waals surface area contributed by atoms with Gasteiger partial charge in [-0.3, -0.25) is 4.79 Å². The van der Waals surface area contributed by atoms with Crippen LogP contribution in [-0.4, -0.2) is 70.8 Å². The molecule has 194 valence electrons. The Bertz CT molecular complexity index is 1130. The number of carbonyl (C=O) groups is 1. The molecule has 0 radical (unpaired) electrons. The molecule has 2 aromatic rings. The molecular formula is C27H36FN5O3. The van der Waals surface area contributed by atoms with E-state index in [2.05, 4.69) is 41.0 Å². The maximum atomic E-state index is 14.7. The number of piperazine rings is 1. The van der Waals surface area contributed by atoms with Crippen LogP contribution in [0.4, 0.5) is 10.2 Å². The van der Waals surface area contributed by atoms with Crippen LogP contribution in [0, 0.1) is 5.82 Å². The lowest BCUT2D eigenvalue weighted by Gasteiger charge is -2.39. The second-order valence-corrected chi connectivity index (χ2v) is 11.0. The second kappa shape index (κ2) is 9.59. The Hall–Kier alpha value is -2.78. The van der Waals surface area contributed by atoms with E-state index in [-0.39, 0.29) is 29.2 Å². The first kappa shape index (κ1) is 24.9. The molecule has 1 amide bonds. The first-order chi connectivity index (χ1) is 17.2. The average molecular weight is 498 g/mol. The predicted molar refractivity (Wildman–Crippen MR) is 135 cm³/mol. The van der Waals surface area contributed by atoms with Gasteiger partial charge in [-0.15, -0.1) is 0 Å². The number of rotatable bonds is 5. The van der Waals surface area contributed by atoms with Gasteiger partial charge in [0.1, 0.15) is 12.1 Å². The van der Waals surface area contributed by atoms with Gasteiger partial charge >= 0.3 is 0 Å². The molecule has 0 unspecified atom stereocenters. The lowest BCUT2D eigenvalue weighted by atomic mass is 9.88. The molecular weight excluding hydrogens is 461 g/mol. The fourth-order valence-electron chi connectivity index (χ4n) is 6.13. The molecule has 1 aliphatic carbocycles. The molecule has 0 saturated carbocycles. The number of benzene rings is 1. The number of hydrogen-bond acceptors (Lipinski definition) is 7. The van der Waals surface area contributed by atoms with Crippen LogP contribution in [0.15, 0.2) is 24.5 Å². The Balaban J connectivity index is 1.36. The van der Waals surface area contributed by atoms with Crippen LogP contribution in [0.3, 0.4) is 0 Å². The van der Waals surface area contributed by atoms with Crippen LogP contribution in [-0.2, 0) is 4.79 Å². The fourth-order valence-corrected chi connectivity index (χ4v) is 6.13. The summed E-state index contributed by atoms with van der Waals surface area (Å²) in [5.41, 5.74) is 2.35. The van der Waals surface area contributed by atoms with Crippen molar-refractivity contribution in [1.82, 2.24) is 20.2 Å². The van der Waals surface area contributed by atoms with E-state index >= 15 is 0 Å². The summed E-state index contributed by atoms with van der Waals surface area (Å²) in [6, 6.07) is 4.80. The molecule has 2 saturated heterocycles.